The van der Waals surface area contributed by atoms with E-state index in [1.54, 1.807) is 6.20 Å². The minimum absolute atomic E-state index is 0.653. The summed E-state index contributed by atoms with van der Waals surface area (Å²) in [7, 11) is 0. The van der Waals surface area contributed by atoms with Crippen LogP contribution in [0.1, 0.15) is 12.5 Å². The van der Waals surface area contributed by atoms with Crippen LogP contribution in [0.2, 0.25) is 0 Å². The van der Waals surface area contributed by atoms with Crippen LogP contribution in [-0.4, -0.2) is 4.98 Å². The smallest absolute Gasteiger partial charge is 0.111 e. The third-order valence-electron chi connectivity index (χ3n) is 2.27. The van der Waals surface area contributed by atoms with E-state index in [0.717, 1.165) is 17.3 Å². The molecule has 1 aromatic carbocycles. The largest absolute Gasteiger partial charge is 0.254 e. The highest BCUT2D eigenvalue weighted by Crippen LogP contribution is 2.25. The van der Waals surface area contributed by atoms with Crippen molar-refractivity contribution in [2.75, 3.05) is 0 Å². The van der Waals surface area contributed by atoms with Crippen molar-refractivity contribution in [3.05, 3.63) is 36.0 Å². The molecule has 2 rings (SSSR count). The molecular weight excluding hydrogens is 174 g/mol. The fraction of sp³-hybridized carbons (Fsp3) is 0.182. The molecule has 0 bridgehead atoms. The second-order valence-electron chi connectivity index (χ2n) is 3.16. The van der Waals surface area contributed by atoms with E-state index in [1.165, 1.54) is 5.56 Å². The Morgan fingerprint density at radius 1 is 1.43 bits per heavy atom. The fourth-order valence-corrected chi connectivity index (χ4v) is 1.52. The van der Waals surface area contributed by atoms with E-state index in [9.17, 15) is 0 Å². The summed E-state index contributed by atoms with van der Waals surface area (Å²) in [6.45, 7) is 2.09. The molecule has 1 heterocycles. The summed E-state index contributed by atoms with van der Waals surface area (Å²) in [5.74, 6) is 0. The van der Waals surface area contributed by atoms with Crippen molar-refractivity contribution in [1.82, 2.24) is 4.98 Å². The number of rotatable bonds is 2. The van der Waals surface area contributed by atoms with Gasteiger partial charge in [0.15, 0.2) is 0 Å². The van der Waals surface area contributed by atoms with Gasteiger partial charge in [-0.3, -0.25) is 4.98 Å². The molecule has 70 valence electrons. The van der Waals surface area contributed by atoms with Crippen molar-refractivity contribution >= 4 is 16.6 Å². The number of fused-ring (bicyclic) bond motifs is 1. The lowest BCUT2D eigenvalue weighted by molar-refractivity contribution is 1.11. The van der Waals surface area contributed by atoms with Crippen LogP contribution >= 0.6 is 0 Å². The molecule has 0 fully saturated rings. The SMILES string of the molecule is CCc1cc(N=N)c2ncccc2c1. The van der Waals surface area contributed by atoms with Gasteiger partial charge in [-0.05, 0) is 30.2 Å². The number of hydrogen-bond acceptors (Lipinski definition) is 3. The third kappa shape index (κ3) is 1.37. The standard InChI is InChI=1S/C11H11N3/c1-2-8-6-9-4-3-5-13-11(9)10(7-8)14-12/h3-7,12H,2H2,1H3. The molecule has 2 aromatic rings. The first kappa shape index (κ1) is 8.81. The topological polar surface area (TPSA) is 49.1 Å². The van der Waals surface area contributed by atoms with Crippen LogP contribution in [0.5, 0.6) is 0 Å². The number of nitrogens with one attached hydrogen (secondary N) is 1. The molecule has 0 atom stereocenters. The molecule has 0 saturated carbocycles. The van der Waals surface area contributed by atoms with Gasteiger partial charge >= 0.3 is 0 Å². The molecule has 1 N–H and O–H groups in total. The Balaban J connectivity index is 2.79. The van der Waals surface area contributed by atoms with Gasteiger partial charge in [-0.2, -0.15) is 5.11 Å². The molecule has 3 heteroatoms. The van der Waals surface area contributed by atoms with Gasteiger partial charge in [0, 0.05) is 11.6 Å². The summed E-state index contributed by atoms with van der Waals surface area (Å²) in [5.41, 5.74) is 9.73. The zero-order valence-corrected chi connectivity index (χ0v) is 7.99. The second kappa shape index (κ2) is 3.54. The molecule has 0 amide bonds. The number of aromatic nitrogens is 1. The first-order valence-corrected chi connectivity index (χ1v) is 4.60. The zero-order chi connectivity index (χ0) is 9.97. The van der Waals surface area contributed by atoms with Gasteiger partial charge in [0.1, 0.15) is 5.69 Å². The molecular formula is C11H11N3. The normalized spacial score (nSPS) is 10.4. The summed E-state index contributed by atoms with van der Waals surface area (Å²) < 4.78 is 0. The minimum Gasteiger partial charge on any atom is -0.254 e. The Labute approximate surface area is 82.3 Å². The summed E-state index contributed by atoms with van der Waals surface area (Å²) in [6.07, 6.45) is 2.68. The lowest BCUT2D eigenvalue weighted by atomic mass is 10.1. The number of pyridine rings is 1. The number of benzene rings is 1. The molecule has 0 unspecified atom stereocenters. The molecule has 0 aliphatic rings. The Hall–Kier alpha value is -1.77. The van der Waals surface area contributed by atoms with E-state index in [-0.39, 0.29) is 0 Å². The predicted molar refractivity (Wildman–Crippen MR) is 55.9 cm³/mol. The molecule has 0 aliphatic heterocycles. The summed E-state index contributed by atoms with van der Waals surface area (Å²) >= 11 is 0. The number of hydrogen-bond donors (Lipinski definition) is 1. The molecule has 14 heavy (non-hydrogen) atoms. The van der Waals surface area contributed by atoms with Crippen molar-refractivity contribution in [2.45, 2.75) is 13.3 Å². The van der Waals surface area contributed by atoms with Crippen LogP contribution in [-0.2, 0) is 6.42 Å². The molecule has 0 radical (unpaired) electrons. The van der Waals surface area contributed by atoms with Crippen molar-refractivity contribution in [3.63, 3.8) is 0 Å². The number of nitrogens with zero attached hydrogens (tertiary/aromatic N) is 2. The maximum atomic E-state index is 7.08. The Morgan fingerprint density at radius 2 is 2.29 bits per heavy atom. The van der Waals surface area contributed by atoms with E-state index in [4.69, 9.17) is 5.53 Å². The molecule has 0 saturated heterocycles. The van der Waals surface area contributed by atoms with Crippen LogP contribution in [0, 0.1) is 5.53 Å². The minimum atomic E-state index is 0.653. The third-order valence-corrected chi connectivity index (χ3v) is 2.27. The van der Waals surface area contributed by atoms with Crippen molar-refractivity contribution in [3.8, 4) is 0 Å². The van der Waals surface area contributed by atoms with E-state index in [0.29, 0.717) is 5.69 Å². The van der Waals surface area contributed by atoms with E-state index in [2.05, 4.69) is 23.1 Å². The highest BCUT2D eigenvalue weighted by atomic mass is 15.0. The van der Waals surface area contributed by atoms with Gasteiger partial charge in [0.05, 0.1) is 5.52 Å². The highest BCUT2D eigenvalue weighted by molar-refractivity contribution is 5.89. The number of aryl methyl sites for hydroxylation is 1. The van der Waals surface area contributed by atoms with Crippen LogP contribution < -0.4 is 0 Å². The predicted octanol–water partition coefficient (Wildman–Crippen LogP) is 3.46. The average molecular weight is 185 g/mol. The van der Waals surface area contributed by atoms with Crippen LogP contribution in [0.4, 0.5) is 5.69 Å². The van der Waals surface area contributed by atoms with Gasteiger partial charge in [-0.25, -0.2) is 5.53 Å². The molecule has 0 aliphatic carbocycles. The summed E-state index contributed by atoms with van der Waals surface area (Å²) in [6, 6.07) is 7.91. The Morgan fingerprint density at radius 3 is 3.00 bits per heavy atom. The van der Waals surface area contributed by atoms with Gasteiger partial charge in [-0.15, -0.1) is 0 Å². The Bertz CT molecular complexity index is 477. The van der Waals surface area contributed by atoms with Gasteiger partial charge in [0.2, 0.25) is 0 Å². The van der Waals surface area contributed by atoms with E-state index < -0.39 is 0 Å². The van der Waals surface area contributed by atoms with Gasteiger partial charge in [-0.1, -0.05) is 13.0 Å². The highest BCUT2D eigenvalue weighted by Gasteiger charge is 2.02. The summed E-state index contributed by atoms with van der Waals surface area (Å²) in [5, 5.41) is 4.55. The second-order valence-corrected chi connectivity index (χ2v) is 3.16. The molecule has 3 nitrogen and oxygen atoms in total. The van der Waals surface area contributed by atoms with Crippen LogP contribution in [0.15, 0.2) is 35.6 Å². The first-order valence-electron chi connectivity index (χ1n) is 4.60. The fourth-order valence-electron chi connectivity index (χ4n) is 1.52. The average Bonchev–Trinajstić information content (AvgIpc) is 2.27. The first-order chi connectivity index (χ1) is 6.85. The lowest BCUT2D eigenvalue weighted by Crippen LogP contribution is -1.83. The molecule has 1 aromatic heterocycles. The van der Waals surface area contributed by atoms with Crippen molar-refractivity contribution < 1.29 is 0 Å². The maximum absolute atomic E-state index is 7.08. The maximum Gasteiger partial charge on any atom is 0.111 e. The van der Waals surface area contributed by atoms with Crippen LogP contribution in [0.3, 0.4) is 0 Å². The van der Waals surface area contributed by atoms with Crippen molar-refractivity contribution in [1.29, 1.82) is 5.53 Å². The lowest BCUT2D eigenvalue weighted by Gasteiger charge is -2.02. The quantitative estimate of drug-likeness (QED) is 0.715. The monoisotopic (exact) mass is 185 g/mol. The zero-order valence-electron chi connectivity index (χ0n) is 7.99. The summed E-state index contributed by atoms with van der Waals surface area (Å²) in [4.78, 5) is 4.21. The van der Waals surface area contributed by atoms with E-state index >= 15 is 0 Å². The Kier molecular flexibility index (Phi) is 2.23. The molecule has 0 spiro atoms. The van der Waals surface area contributed by atoms with Crippen LogP contribution in [0.25, 0.3) is 10.9 Å². The van der Waals surface area contributed by atoms with Gasteiger partial charge < -0.3 is 0 Å². The van der Waals surface area contributed by atoms with Gasteiger partial charge in [0.25, 0.3) is 0 Å². The van der Waals surface area contributed by atoms with Crippen molar-refractivity contribution in [2.24, 2.45) is 5.11 Å². The van der Waals surface area contributed by atoms with E-state index in [1.807, 2.05) is 18.2 Å².